The minimum Gasteiger partial charge on any atom is -0.487 e. The third-order valence-electron chi connectivity index (χ3n) is 4.02. The number of carbonyl (C=O) groups is 1. The zero-order valence-electron chi connectivity index (χ0n) is 15.5. The van der Waals surface area contributed by atoms with Gasteiger partial charge in [-0.15, -0.1) is 0 Å². The first kappa shape index (κ1) is 22.3. The highest BCUT2D eigenvalue weighted by Gasteiger charge is 2.13. The third-order valence-corrected chi connectivity index (χ3v) is 5.67. The summed E-state index contributed by atoms with van der Waals surface area (Å²) in [5.74, 6) is 0.219. The summed E-state index contributed by atoms with van der Waals surface area (Å²) in [5, 5.41) is 12.7. The molecule has 4 nitrogen and oxygen atoms in total. The van der Waals surface area contributed by atoms with Crippen LogP contribution in [0.1, 0.15) is 11.1 Å². The minimum atomic E-state index is -0.490. The van der Waals surface area contributed by atoms with Crippen LogP contribution in [0.4, 0.5) is 5.69 Å². The lowest BCUT2D eigenvalue weighted by Gasteiger charge is -2.12. The van der Waals surface area contributed by atoms with Crippen molar-refractivity contribution in [2.45, 2.75) is 6.61 Å². The number of hydrogen-bond donors (Lipinski definition) is 1. The van der Waals surface area contributed by atoms with Crippen LogP contribution < -0.4 is 10.1 Å². The first-order valence-corrected chi connectivity index (χ1v) is 11.1. The Morgan fingerprint density at radius 1 is 1.17 bits per heavy atom. The van der Waals surface area contributed by atoms with E-state index in [1.807, 2.05) is 48.5 Å². The van der Waals surface area contributed by atoms with E-state index < -0.39 is 5.91 Å². The number of anilines is 1. The van der Waals surface area contributed by atoms with Gasteiger partial charge in [0.2, 0.25) is 0 Å². The molecular weight excluding hydrogens is 579 g/mol. The molecule has 0 aliphatic rings. The summed E-state index contributed by atoms with van der Waals surface area (Å²) in [6.07, 6.45) is 1.54. The van der Waals surface area contributed by atoms with Gasteiger partial charge in [-0.2, -0.15) is 5.26 Å². The summed E-state index contributed by atoms with van der Waals surface area (Å²) in [5.41, 5.74) is 2.33. The second-order valence-electron chi connectivity index (χ2n) is 6.22. The SMILES string of the molecule is N#C/C(=C/c1cc(Br)c(OCc2ccccc2)c(I)c1)C(=O)Nc1ccc(Cl)cc1. The van der Waals surface area contributed by atoms with Gasteiger partial charge in [-0.05, 0) is 92.1 Å². The summed E-state index contributed by atoms with van der Waals surface area (Å²) < 4.78 is 7.55. The molecule has 0 saturated carbocycles. The van der Waals surface area contributed by atoms with E-state index in [0.29, 0.717) is 28.6 Å². The molecule has 0 bridgehead atoms. The van der Waals surface area contributed by atoms with Crippen molar-refractivity contribution < 1.29 is 9.53 Å². The fraction of sp³-hybridized carbons (Fsp3) is 0.0435. The number of ether oxygens (including phenoxy) is 1. The molecule has 3 rings (SSSR count). The van der Waals surface area contributed by atoms with Crippen LogP contribution in [0, 0.1) is 14.9 Å². The van der Waals surface area contributed by atoms with Crippen molar-refractivity contribution in [1.82, 2.24) is 0 Å². The Hall–Kier alpha value is -2.34. The molecule has 0 aliphatic heterocycles. The smallest absolute Gasteiger partial charge is 0.266 e. The molecule has 1 N–H and O–H groups in total. The van der Waals surface area contributed by atoms with Gasteiger partial charge in [0.05, 0.1) is 8.04 Å². The van der Waals surface area contributed by atoms with Crippen molar-refractivity contribution in [2.75, 3.05) is 5.32 Å². The second kappa shape index (κ2) is 10.6. The number of halogens is 3. The highest BCUT2D eigenvalue weighted by atomic mass is 127. The first-order chi connectivity index (χ1) is 14.5. The first-order valence-electron chi connectivity index (χ1n) is 8.81. The van der Waals surface area contributed by atoms with Gasteiger partial charge in [0.25, 0.3) is 5.91 Å². The minimum absolute atomic E-state index is 0.00870. The fourth-order valence-corrected chi connectivity index (χ4v) is 4.47. The molecule has 3 aromatic rings. The Labute approximate surface area is 201 Å². The van der Waals surface area contributed by atoms with Crippen LogP contribution in [0.25, 0.3) is 6.08 Å². The van der Waals surface area contributed by atoms with E-state index in [9.17, 15) is 10.1 Å². The van der Waals surface area contributed by atoms with E-state index in [1.165, 1.54) is 0 Å². The van der Waals surface area contributed by atoms with Crippen LogP contribution in [0.5, 0.6) is 5.75 Å². The Morgan fingerprint density at radius 3 is 2.50 bits per heavy atom. The Kier molecular flexibility index (Phi) is 7.91. The van der Waals surface area contributed by atoms with E-state index in [0.717, 1.165) is 13.6 Å². The number of rotatable bonds is 6. The van der Waals surface area contributed by atoms with Crippen LogP contribution in [0.15, 0.2) is 76.8 Å². The topological polar surface area (TPSA) is 62.1 Å². The number of amides is 1. The number of hydrogen-bond acceptors (Lipinski definition) is 3. The van der Waals surface area contributed by atoms with Gasteiger partial charge in [0, 0.05) is 10.7 Å². The number of nitrogens with zero attached hydrogens (tertiary/aromatic N) is 1. The zero-order valence-corrected chi connectivity index (χ0v) is 20.0. The number of benzene rings is 3. The summed E-state index contributed by atoms with van der Waals surface area (Å²) in [4.78, 5) is 12.5. The van der Waals surface area contributed by atoms with Crippen LogP contribution in [-0.2, 0) is 11.4 Å². The van der Waals surface area contributed by atoms with Gasteiger partial charge in [0.15, 0.2) is 0 Å². The Morgan fingerprint density at radius 2 is 1.87 bits per heavy atom. The molecule has 0 aliphatic carbocycles. The van der Waals surface area contributed by atoms with E-state index >= 15 is 0 Å². The van der Waals surface area contributed by atoms with Gasteiger partial charge in [-0.25, -0.2) is 0 Å². The van der Waals surface area contributed by atoms with Crippen molar-refractivity contribution in [3.05, 3.63) is 96.5 Å². The second-order valence-corrected chi connectivity index (χ2v) is 8.67. The van der Waals surface area contributed by atoms with Gasteiger partial charge in [0.1, 0.15) is 24.0 Å². The molecule has 1 amide bonds. The van der Waals surface area contributed by atoms with Gasteiger partial charge in [-0.1, -0.05) is 41.9 Å². The molecule has 3 aromatic carbocycles. The van der Waals surface area contributed by atoms with Crippen molar-refractivity contribution >= 4 is 67.8 Å². The third kappa shape index (κ3) is 6.08. The van der Waals surface area contributed by atoms with Crippen molar-refractivity contribution in [3.8, 4) is 11.8 Å². The maximum atomic E-state index is 12.5. The number of nitriles is 1. The molecular formula is C23H15BrClIN2O2. The highest BCUT2D eigenvalue weighted by molar-refractivity contribution is 14.1. The molecule has 150 valence electrons. The molecule has 0 spiro atoms. The molecule has 30 heavy (non-hydrogen) atoms. The van der Waals surface area contributed by atoms with Crippen molar-refractivity contribution in [2.24, 2.45) is 0 Å². The monoisotopic (exact) mass is 592 g/mol. The lowest BCUT2D eigenvalue weighted by molar-refractivity contribution is -0.112. The fourth-order valence-electron chi connectivity index (χ4n) is 2.58. The summed E-state index contributed by atoms with van der Waals surface area (Å²) >= 11 is 11.6. The number of nitrogens with one attached hydrogen (secondary N) is 1. The van der Waals surface area contributed by atoms with E-state index in [1.54, 1.807) is 30.3 Å². The van der Waals surface area contributed by atoms with Crippen LogP contribution in [-0.4, -0.2) is 5.91 Å². The maximum Gasteiger partial charge on any atom is 0.266 e. The average Bonchev–Trinajstić information content (AvgIpc) is 2.73. The van der Waals surface area contributed by atoms with E-state index in [-0.39, 0.29) is 5.57 Å². The standard InChI is InChI=1S/C23H15BrClIN2O2/c24-20-11-16(12-21(26)22(20)30-14-15-4-2-1-3-5-15)10-17(13-27)23(29)28-19-8-6-18(25)7-9-19/h1-12H,14H2,(H,28,29)/b17-10-. The van der Waals surface area contributed by atoms with Gasteiger partial charge >= 0.3 is 0 Å². The average molecular weight is 594 g/mol. The van der Waals surface area contributed by atoms with Crippen LogP contribution in [0.3, 0.4) is 0 Å². The Bertz CT molecular complexity index is 1100. The quantitative estimate of drug-likeness (QED) is 0.194. The van der Waals surface area contributed by atoms with E-state index in [4.69, 9.17) is 16.3 Å². The molecule has 0 heterocycles. The number of carbonyl (C=O) groups excluding carboxylic acids is 1. The summed E-state index contributed by atoms with van der Waals surface area (Å²) in [7, 11) is 0. The normalized spacial score (nSPS) is 10.9. The molecule has 0 fully saturated rings. The molecule has 0 unspecified atom stereocenters. The lowest BCUT2D eigenvalue weighted by Crippen LogP contribution is -2.13. The summed E-state index contributed by atoms with van der Waals surface area (Å²) in [6.45, 7) is 0.442. The molecule has 7 heteroatoms. The predicted molar refractivity (Wildman–Crippen MR) is 131 cm³/mol. The largest absolute Gasteiger partial charge is 0.487 e. The lowest BCUT2D eigenvalue weighted by atomic mass is 10.1. The molecule has 0 radical (unpaired) electrons. The molecule has 0 atom stereocenters. The zero-order chi connectivity index (χ0) is 21.5. The van der Waals surface area contributed by atoms with Gasteiger partial charge < -0.3 is 10.1 Å². The predicted octanol–water partition coefficient (Wildman–Crippen LogP) is 6.83. The van der Waals surface area contributed by atoms with Crippen LogP contribution in [0.2, 0.25) is 5.02 Å². The maximum absolute atomic E-state index is 12.5. The Balaban J connectivity index is 1.76. The van der Waals surface area contributed by atoms with Crippen molar-refractivity contribution in [1.29, 1.82) is 5.26 Å². The van der Waals surface area contributed by atoms with Gasteiger partial charge in [-0.3, -0.25) is 4.79 Å². The molecule has 0 saturated heterocycles. The van der Waals surface area contributed by atoms with E-state index in [2.05, 4.69) is 43.8 Å². The molecule has 0 aromatic heterocycles. The van der Waals surface area contributed by atoms with Crippen molar-refractivity contribution in [3.63, 3.8) is 0 Å². The summed E-state index contributed by atoms with van der Waals surface area (Å²) in [6, 6.07) is 22.2. The highest BCUT2D eigenvalue weighted by Crippen LogP contribution is 2.33. The van der Waals surface area contributed by atoms with Crippen LogP contribution >= 0.6 is 50.1 Å².